The predicted molar refractivity (Wildman–Crippen MR) is 84.3 cm³/mol. The molecule has 0 radical (unpaired) electrons. The highest BCUT2D eigenvalue weighted by Crippen LogP contribution is 2.25. The molecule has 1 N–H and O–H groups in total. The van der Waals surface area contributed by atoms with Gasteiger partial charge in [-0.3, -0.25) is 0 Å². The van der Waals surface area contributed by atoms with Crippen LogP contribution in [0.2, 0.25) is 10.0 Å². The van der Waals surface area contributed by atoms with Crippen molar-refractivity contribution in [1.29, 1.82) is 0 Å². The molecule has 21 heavy (non-hydrogen) atoms. The number of hydrogen-bond acceptors (Lipinski definition) is 2. The van der Waals surface area contributed by atoms with Crippen molar-refractivity contribution in [2.45, 2.75) is 32.8 Å². The predicted octanol–water partition coefficient (Wildman–Crippen LogP) is 5.06. The highest BCUT2D eigenvalue weighted by molar-refractivity contribution is 6.34. The van der Waals surface area contributed by atoms with Crippen LogP contribution in [-0.4, -0.2) is 18.2 Å². The van der Waals surface area contributed by atoms with E-state index in [-0.39, 0.29) is 10.0 Å². The lowest BCUT2D eigenvalue weighted by molar-refractivity contribution is 0.0529. The molecule has 1 aromatic rings. The number of nitrogens with one attached hydrogen (secondary N) is 1. The molecule has 1 rings (SSSR count). The van der Waals surface area contributed by atoms with Crippen LogP contribution in [0.25, 0.3) is 6.08 Å². The number of alkyl carbamates (subject to hydrolysis) is 1. The maximum absolute atomic E-state index is 13.4. The first-order valence-corrected chi connectivity index (χ1v) is 7.22. The van der Waals surface area contributed by atoms with Crippen molar-refractivity contribution in [2.75, 3.05) is 6.54 Å². The van der Waals surface area contributed by atoms with Crippen LogP contribution < -0.4 is 5.32 Å². The molecule has 1 amide bonds. The minimum absolute atomic E-state index is 0.0238. The number of hydrogen-bond donors (Lipinski definition) is 1. The molecule has 3 nitrogen and oxygen atoms in total. The molecule has 0 aromatic heterocycles. The van der Waals surface area contributed by atoms with Gasteiger partial charge in [-0.2, -0.15) is 0 Å². The summed E-state index contributed by atoms with van der Waals surface area (Å²) in [5, 5.41) is 2.92. The monoisotopic (exact) mass is 333 g/mol. The molecule has 0 atom stereocenters. The maximum atomic E-state index is 13.4. The largest absolute Gasteiger partial charge is 0.444 e. The van der Waals surface area contributed by atoms with Crippen LogP contribution in [0.3, 0.4) is 0 Å². The smallest absolute Gasteiger partial charge is 0.407 e. The highest BCUT2D eigenvalue weighted by atomic mass is 35.5. The molecule has 0 aliphatic heterocycles. The van der Waals surface area contributed by atoms with Crippen LogP contribution >= 0.6 is 23.2 Å². The Hall–Kier alpha value is -1.26. The van der Waals surface area contributed by atoms with Gasteiger partial charge in [0.1, 0.15) is 11.4 Å². The van der Waals surface area contributed by atoms with E-state index in [1.807, 2.05) is 0 Å². The van der Waals surface area contributed by atoms with Crippen LogP contribution in [0.1, 0.15) is 32.8 Å². The van der Waals surface area contributed by atoms with Crippen LogP contribution in [-0.2, 0) is 4.74 Å². The Labute approximate surface area is 134 Å². The summed E-state index contributed by atoms with van der Waals surface area (Å²) in [5.74, 6) is -0.560. The Kier molecular flexibility index (Phi) is 6.49. The summed E-state index contributed by atoms with van der Waals surface area (Å²) in [6.45, 7) is 5.79. The number of carbonyl (C=O) groups excluding carboxylic acids is 1. The molecule has 1 aromatic carbocycles. The van der Waals surface area contributed by atoms with Crippen molar-refractivity contribution in [1.82, 2.24) is 5.32 Å². The molecule has 6 heteroatoms. The Balaban J connectivity index is 2.45. The number of ether oxygens (including phenoxy) is 1. The first-order chi connectivity index (χ1) is 9.69. The third-order valence-corrected chi connectivity index (χ3v) is 2.91. The fourth-order valence-corrected chi connectivity index (χ4v) is 1.86. The van der Waals surface area contributed by atoms with Crippen molar-refractivity contribution < 1.29 is 13.9 Å². The van der Waals surface area contributed by atoms with E-state index in [0.717, 1.165) is 6.07 Å². The lowest BCUT2D eigenvalue weighted by atomic mass is 10.2. The summed E-state index contributed by atoms with van der Waals surface area (Å²) in [5.41, 5.74) is -0.0230. The Bertz CT molecular complexity index is 539. The number of amides is 1. The van der Waals surface area contributed by atoms with Crippen LogP contribution in [0, 0.1) is 5.82 Å². The van der Waals surface area contributed by atoms with Gasteiger partial charge in [0.25, 0.3) is 0 Å². The molecule has 0 aliphatic rings. The van der Waals surface area contributed by atoms with Crippen molar-refractivity contribution >= 4 is 35.4 Å². The summed E-state index contributed by atoms with van der Waals surface area (Å²) in [6.07, 6.45) is 3.52. The third kappa shape index (κ3) is 6.82. The zero-order valence-corrected chi connectivity index (χ0v) is 13.7. The van der Waals surface area contributed by atoms with E-state index in [0.29, 0.717) is 18.5 Å². The summed E-state index contributed by atoms with van der Waals surface area (Å²) in [7, 11) is 0. The lowest BCUT2D eigenvalue weighted by Crippen LogP contribution is -2.32. The van der Waals surface area contributed by atoms with Gasteiger partial charge in [0.15, 0.2) is 0 Å². The van der Waals surface area contributed by atoms with Crippen LogP contribution in [0.5, 0.6) is 0 Å². The zero-order valence-electron chi connectivity index (χ0n) is 12.2. The van der Waals surface area contributed by atoms with Gasteiger partial charge in [0, 0.05) is 11.6 Å². The van der Waals surface area contributed by atoms with E-state index >= 15 is 0 Å². The van der Waals surface area contributed by atoms with Gasteiger partial charge in [-0.05, 0) is 44.9 Å². The summed E-state index contributed by atoms with van der Waals surface area (Å²) in [6, 6.07) is 2.73. The molecular weight excluding hydrogens is 316 g/mol. The van der Waals surface area contributed by atoms with E-state index < -0.39 is 17.5 Å². The number of halogens is 3. The second kappa shape index (κ2) is 7.66. The summed E-state index contributed by atoms with van der Waals surface area (Å²) < 4.78 is 18.4. The fourth-order valence-electron chi connectivity index (χ4n) is 1.48. The zero-order chi connectivity index (χ0) is 16.0. The van der Waals surface area contributed by atoms with Crippen molar-refractivity contribution in [3.8, 4) is 0 Å². The molecule has 0 fully saturated rings. The van der Waals surface area contributed by atoms with Gasteiger partial charge in [-0.1, -0.05) is 35.4 Å². The molecule has 0 bridgehead atoms. The normalized spacial score (nSPS) is 11.7. The molecule has 116 valence electrons. The van der Waals surface area contributed by atoms with E-state index in [2.05, 4.69) is 5.32 Å². The number of benzene rings is 1. The van der Waals surface area contributed by atoms with Gasteiger partial charge in [-0.25, -0.2) is 9.18 Å². The van der Waals surface area contributed by atoms with Gasteiger partial charge in [0.05, 0.1) is 5.02 Å². The van der Waals surface area contributed by atoms with E-state index in [4.69, 9.17) is 27.9 Å². The fraction of sp³-hybridized carbons (Fsp3) is 0.400. The van der Waals surface area contributed by atoms with E-state index in [1.54, 1.807) is 39.0 Å². The standard InChI is InChI=1S/C15H18Cl2FNO2/c1-15(2,3)21-14(20)19-7-5-4-6-10-8-11(16)9-12(18)13(10)17/h4,6,8-9H,5,7H2,1-3H3,(H,19,20). The van der Waals surface area contributed by atoms with Gasteiger partial charge >= 0.3 is 6.09 Å². The van der Waals surface area contributed by atoms with Gasteiger partial charge < -0.3 is 10.1 Å². The second-order valence-corrected chi connectivity index (χ2v) is 6.22. The molecule has 0 aliphatic carbocycles. The molecule has 0 unspecified atom stereocenters. The average molecular weight is 334 g/mol. The quantitative estimate of drug-likeness (QED) is 0.617. The minimum atomic E-state index is -0.560. The minimum Gasteiger partial charge on any atom is -0.444 e. The molecule has 0 spiro atoms. The first kappa shape index (κ1) is 17.8. The second-order valence-electron chi connectivity index (χ2n) is 5.41. The van der Waals surface area contributed by atoms with Crippen LogP contribution in [0.4, 0.5) is 9.18 Å². The lowest BCUT2D eigenvalue weighted by Gasteiger charge is -2.19. The van der Waals surface area contributed by atoms with E-state index in [9.17, 15) is 9.18 Å². The SMILES string of the molecule is CC(C)(C)OC(=O)NCCC=Cc1cc(Cl)cc(F)c1Cl. The first-order valence-electron chi connectivity index (χ1n) is 6.47. The molecule has 0 saturated carbocycles. The Morgan fingerprint density at radius 1 is 1.38 bits per heavy atom. The Morgan fingerprint density at radius 2 is 2.05 bits per heavy atom. The van der Waals surface area contributed by atoms with Crippen LogP contribution in [0.15, 0.2) is 18.2 Å². The molecule has 0 heterocycles. The number of rotatable bonds is 4. The molecule has 0 saturated heterocycles. The summed E-state index contributed by atoms with van der Waals surface area (Å²) >= 11 is 11.6. The summed E-state index contributed by atoms with van der Waals surface area (Å²) in [4.78, 5) is 11.4. The van der Waals surface area contributed by atoms with Crippen molar-refractivity contribution in [3.63, 3.8) is 0 Å². The third-order valence-electron chi connectivity index (χ3n) is 2.30. The van der Waals surface area contributed by atoms with E-state index in [1.165, 1.54) is 0 Å². The topological polar surface area (TPSA) is 38.3 Å². The van der Waals surface area contributed by atoms with Gasteiger partial charge in [0.2, 0.25) is 0 Å². The Morgan fingerprint density at radius 3 is 2.67 bits per heavy atom. The molecular formula is C15H18Cl2FNO2. The van der Waals surface area contributed by atoms with Crippen molar-refractivity contribution in [3.05, 3.63) is 39.6 Å². The maximum Gasteiger partial charge on any atom is 0.407 e. The van der Waals surface area contributed by atoms with Gasteiger partial charge in [-0.15, -0.1) is 0 Å². The van der Waals surface area contributed by atoms with Crippen molar-refractivity contribution in [2.24, 2.45) is 0 Å². The highest BCUT2D eigenvalue weighted by Gasteiger charge is 2.15. The average Bonchev–Trinajstić information content (AvgIpc) is 2.32. The number of carbonyl (C=O) groups is 1.